The molecule has 0 bridgehead atoms. The van der Waals surface area contributed by atoms with Crippen molar-refractivity contribution in [2.75, 3.05) is 31.2 Å². The Balaban J connectivity index is 1.83. The molecule has 2 aliphatic rings. The van der Waals surface area contributed by atoms with Gasteiger partial charge in [-0.15, -0.1) is 24.8 Å². The van der Waals surface area contributed by atoms with E-state index in [1.165, 1.54) is 0 Å². The number of hydrogen-bond donors (Lipinski definition) is 2. The normalized spacial score (nSPS) is 27.3. The highest BCUT2D eigenvalue weighted by molar-refractivity contribution is 6.99. The molecule has 0 spiro atoms. The molecule has 2 fully saturated rings. The van der Waals surface area contributed by atoms with Gasteiger partial charge in [-0.25, -0.2) is 0 Å². The van der Waals surface area contributed by atoms with Gasteiger partial charge in [-0.1, -0.05) is 0 Å². The van der Waals surface area contributed by atoms with E-state index in [1.54, 1.807) is 13.8 Å². The zero-order valence-corrected chi connectivity index (χ0v) is 21.5. The largest absolute Gasteiger partial charge is 0.472 e. The van der Waals surface area contributed by atoms with Crippen LogP contribution in [0.4, 0.5) is 5.82 Å². The second-order valence-corrected chi connectivity index (χ2v) is 11.4. The lowest BCUT2D eigenvalue weighted by Crippen LogP contribution is -2.62. The maximum atomic E-state index is 13.2. The second-order valence-electron chi connectivity index (χ2n) is 10.9. The Morgan fingerprint density at radius 1 is 1.32 bits per heavy atom. The van der Waals surface area contributed by atoms with Crippen LogP contribution in [0.25, 0.3) is 0 Å². The van der Waals surface area contributed by atoms with E-state index in [2.05, 4.69) is 18.9 Å². The lowest BCUT2D eigenvalue weighted by molar-refractivity contribution is -0.759. The van der Waals surface area contributed by atoms with E-state index in [-0.39, 0.29) is 31.2 Å². The van der Waals surface area contributed by atoms with E-state index in [1.807, 2.05) is 39.5 Å². The number of aliphatic hydroxyl groups excluding tert-OH is 1. The third-order valence-electron chi connectivity index (χ3n) is 6.19. The van der Waals surface area contributed by atoms with Crippen molar-refractivity contribution in [1.29, 1.82) is 0 Å². The molecule has 0 amide bonds. The van der Waals surface area contributed by atoms with Crippen molar-refractivity contribution < 1.29 is 29.7 Å². The fraction of sp³-hybridized carbons (Fsp3) is 0.900. The first-order valence-electron chi connectivity index (χ1n) is 11.2. The van der Waals surface area contributed by atoms with Crippen LogP contribution in [0.3, 0.4) is 0 Å². The van der Waals surface area contributed by atoms with Crippen LogP contribution in [0.15, 0.2) is 0 Å². The molecule has 2 aliphatic heterocycles. The molecular weight excluding hydrogens is 468 g/mol. The highest BCUT2D eigenvalue weighted by Crippen LogP contribution is 2.48. The first-order chi connectivity index (χ1) is 15.6. The fourth-order valence-electron chi connectivity index (χ4n) is 4.66. The quantitative estimate of drug-likeness (QED) is 0.367. The van der Waals surface area contributed by atoms with Gasteiger partial charge in [-0.05, 0) is 48.5 Å². The predicted molar refractivity (Wildman–Crippen MR) is 123 cm³/mol. The van der Waals surface area contributed by atoms with Crippen LogP contribution in [0.2, 0.25) is 0 Å². The molecule has 34 heavy (non-hydrogen) atoms. The van der Waals surface area contributed by atoms with Gasteiger partial charge in [0, 0.05) is 18.6 Å². The molecule has 193 valence electrons. The summed E-state index contributed by atoms with van der Waals surface area (Å²) >= 11 is 0.948. The molecule has 3 rings (SSSR count). The summed E-state index contributed by atoms with van der Waals surface area (Å²) in [4.78, 5) is 17.2. The number of fused-ring (bicyclic) bond motifs is 1. The van der Waals surface area contributed by atoms with Crippen molar-refractivity contribution in [1.82, 2.24) is 19.1 Å². The molecule has 13 nitrogen and oxygen atoms in total. The summed E-state index contributed by atoms with van der Waals surface area (Å²) in [5, 5.41) is 37.7. The maximum Gasteiger partial charge on any atom is 0.294 e. The van der Waals surface area contributed by atoms with Crippen LogP contribution in [-0.2, 0) is 14.8 Å². The highest BCUT2D eigenvalue weighted by Gasteiger charge is 2.64. The Morgan fingerprint density at radius 2 is 2.00 bits per heavy atom. The molecular formula is C20H35N6O7S. The monoisotopic (exact) mass is 503 g/mol. The third kappa shape index (κ3) is 5.52. The molecule has 0 aliphatic carbocycles. The van der Waals surface area contributed by atoms with Crippen LogP contribution in [-0.4, -0.2) is 91.3 Å². The van der Waals surface area contributed by atoms with Crippen molar-refractivity contribution in [2.24, 2.45) is 0 Å². The number of anilines is 1. The molecule has 14 heteroatoms. The van der Waals surface area contributed by atoms with Crippen LogP contribution in [0.5, 0.6) is 5.88 Å². The molecule has 1 aromatic heterocycles. The Labute approximate surface area is 203 Å². The van der Waals surface area contributed by atoms with Gasteiger partial charge in [0.25, 0.3) is 11.0 Å². The molecule has 1 aromatic rings. The number of ether oxygens (including phenoxy) is 2. The van der Waals surface area contributed by atoms with Gasteiger partial charge in [0.2, 0.25) is 5.82 Å². The zero-order valence-electron chi connectivity index (χ0n) is 20.7. The SMILES string of the molecule is CC(C)(C)NC[C@H](O)COc1nsnc1N1CC(CO[N+](=O)[O-])OC2C1C(C)(C)N([O])C2(C)C. The minimum atomic E-state index is -0.904. The number of hydroxylamine groups is 2. The summed E-state index contributed by atoms with van der Waals surface area (Å²) in [7, 11) is 0. The second kappa shape index (κ2) is 9.66. The van der Waals surface area contributed by atoms with Crippen LogP contribution >= 0.6 is 11.7 Å². The number of β-amino-alcohol motifs (C(OH)–C–C–N with tert-alkyl or cyclic N) is 1. The lowest BCUT2D eigenvalue weighted by Gasteiger charge is -2.46. The summed E-state index contributed by atoms with van der Waals surface area (Å²) in [5.41, 5.74) is -1.91. The van der Waals surface area contributed by atoms with E-state index < -0.39 is 40.5 Å². The Kier molecular flexibility index (Phi) is 7.60. The minimum absolute atomic E-state index is 0.00361. The third-order valence-corrected chi connectivity index (χ3v) is 6.69. The number of rotatable bonds is 9. The summed E-state index contributed by atoms with van der Waals surface area (Å²) in [6, 6.07) is -0.425. The first-order valence-corrected chi connectivity index (χ1v) is 11.9. The first kappa shape index (κ1) is 26.8. The summed E-state index contributed by atoms with van der Waals surface area (Å²) in [6.45, 7) is 13.5. The highest BCUT2D eigenvalue weighted by atomic mass is 32.1. The van der Waals surface area contributed by atoms with Gasteiger partial charge in [0.05, 0.1) is 35.0 Å². The predicted octanol–water partition coefficient (Wildman–Crippen LogP) is 1.03. The van der Waals surface area contributed by atoms with Gasteiger partial charge < -0.3 is 29.6 Å². The van der Waals surface area contributed by atoms with Gasteiger partial charge in [-0.3, -0.25) is 0 Å². The number of aromatic nitrogens is 2. The Hall–Kier alpha value is -1.84. The lowest BCUT2D eigenvalue weighted by atomic mass is 9.88. The molecule has 3 heterocycles. The summed E-state index contributed by atoms with van der Waals surface area (Å²) in [5.74, 6) is 0.636. The number of nitrogens with one attached hydrogen (secondary N) is 1. The molecule has 4 atom stereocenters. The topological polar surface area (TPSA) is 155 Å². The van der Waals surface area contributed by atoms with Crippen molar-refractivity contribution in [3.8, 4) is 5.88 Å². The van der Waals surface area contributed by atoms with E-state index in [0.717, 1.165) is 16.8 Å². The van der Waals surface area contributed by atoms with Crippen molar-refractivity contribution >= 4 is 17.5 Å². The maximum absolute atomic E-state index is 13.2. The molecule has 2 N–H and O–H groups in total. The molecule has 3 unspecified atom stereocenters. The number of morpholine rings is 1. The Bertz CT molecular complexity index is 861. The number of aliphatic hydroxyl groups is 1. The molecule has 0 aromatic carbocycles. The van der Waals surface area contributed by atoms with E-state index in [0.29, 0.717) is 12.4 Å². The van der Waals surface area contributed by atoms with Gasteiger partial charge in [0.15, 0.2) is 0 Å². The molecule has 0 saturated carbocycles. The van der Waals surface area contributed by atoms with Crippen molar-refractivity contribution in [3.05, 3.63) is 10.1 Å². The van der Waals surface area contributed by atoms with Gasteiger partial charge in [-0.2, -0.15) is 4.37 Å². The van der Waals surface area contributed by atoms with Crippen LogP contribution < -0.4 is 15.0 Å². The van der Waals surface area contributed by atoms with E-state index in [9.17, 15) is 20.4 Å². The Morgan fingerprint density at radius 3 is 2.62 bits per heavy atom. The zero-order chi connectivity index (χ0) is 25.5. The number of hydrogen-bond acceptors (Lipinski definition) is 12. The van der Waals surface area contributed by atoms with Crippen molar-refractivity contribution in [2.45, 2.75) is 89.4 Å². The molecule has 1 radical (unpaired) electrons. The average molecular weight is 504 g/mol. The van der Waals surface area contributed by atoms with Gasteiger partial charge >= 0.3 is 0 Å². The van der Waals surface area contributed by atoms with Crippen LogP contribution in [0, 0.1) is 10.1 Å². The van der Waals surface area contributed by atoms with E-state index >= 15 is 0 Å². The van der Waals surface area contributed by atoms with E-state index in [4.69, 9.17) is 9.47 Å². The average Bonchev–Trinajstić information content (AvgIpc) is 3.25. The van der Waals surface area contributed by atoms with Crippen LogP contribution in [0.1, 0.15) is 48.5 Å². The summed E-state index contributed by atoms with van der Waals surface area (Å²) < 4.78 is 20.7. The standard InChI is InChI=1S/C20H35N6O7S/c1-18(2,3)21-8-12(27)10-31-17-16(22-34-23-17)24-9-13(11-32-26(29)30)33-15-14(24)19(4,5)25(28)20(15,6)7/h12-15,21,27H,8-11H2,1-7H3/t12-,13?,14?,15?/m0/s1. The van der Waals surface area contributed by atoms with Crippen molar-refractivity contribution in [3.63, 3.8) is 0 Å². The smallest absolute Gasteiger partial charge is 0.294 e. The minimum Gasteiger partial charge on any atom is -0.472 e. The summed E-state index contributed by atoms with van der Waals surface area (Å²) in [6.07, 6.45) is -2.03. The fourth-order valence-corrected chi connectivity index (χ4v) is 5.17. The number of nitrogens with zero attached hydrogens (tertiary/aromatic N) is 5. The molecule has 2 saturated heterocycles. The van der Waals surface area contributed by atoms with Gasteiger partial charge in [0.1, 0.15) is 25.4 Å².